The van der Waals surface area contributed by atoms with Crippen LogP contribution < -0.4 is 20.7 Å². The Morgan fingerprint density at radius 1 is 1.12 bits per heavy atom. The molecule has 1 aliphatic carbocycles. The van der Waals surface area contributed by atoms with Crippen LogP contribution in [0.1, 0.15) is 57.9 Å². The summed E-state index contributed by atoms with van der Waals surface area (Å²) in [5, 5.41) is 2.95. The highest BCUT2D eigenvalue weighted by atomic mass is 16.6. The zero-order valence-corrected chi connectivity index (χ0v) is 19.4. The van der Waals surface area contributed by atoms with Crippen molar-refractivity contribution in [1.82, 2.24) is 5.32 Å². The fourth-order valence-corrected chi connectivity index (χ4v) is 4.41. The Labute approximate surface area is 191 Å². The minimum atomic E-state index is -0.491. The van der Waals surface area contributed by atoms with Gasteiger partial charge in [0.15, 0.2) is 0 Å². The van der Waals surface area contributed by atoms with Gasteiger partial charge in [-0.2, -0.15) is 0 Å². The molecular weight excluding hydrogens is 402 g/mol. The van der Waals surface area contributed by atoms with Gasteiger partial charge in [0.25, 0.3) is 0 Å². The number of para-hydroxylation sites is 1. The number of hydrogen-bond acceptors (Lipinski definition) is 5. The van der Waals surface area contributed by atoms with E-state index < -0.39 is 5.60 Å². The van der Waals surface area contributed by atoms with E-state index in [0.29, 0.717) is 18.4 Å². The summed E-state index contributed by atoms with van der Waals surface area (Å²) in [4.78, 5) is 14.5. The lowest BCUT2D eigenvalue weighted by Gasteiger charge is -2.37. The molecule has 1 saturated carbocycles. The van der Waals surface area contributed by atoms with Crippen LogP contribution in [0.25, 0.3) is 0 Å². The molecule has 2 aliphatic rings. The maximum absolute atomic E-state index is 12.1. The highest BCUT2D eigenvalue weighted by molar-refractivity contribution is 5.77. The minimum absolute atomic E-state index is 0.349. The van der Waals surface area contributed by atoms with Crippen LogP contribution in [0.3, 0.4) is 0 Å². The number of carbonyl (C=O) groups is 1. The first-order chi connectivity index (χ1) is 15.3. The Morgan fingerprint density at radius 3 is 2.56 bits per heavy atom. The van der Waals surface area contributed by atoms with E-state index in [9.17, 15) is 4.79 Å². The van der Waals surface area contributed by atoms with Gasteiger partial charge in [-0.05, 0) is 82.6 Å². The molecule has 6 nitrogen and oxygen atoms in total. The summed E-state index contributed by atoms with van der Waals surface area (Å²) in [5.41, 5.74) is 9.18. The highest BCUT2D eigenvalue weighted by Gasteiger charge is 2.34. The van der Waals surface area contributed by atoms with Gasteiger partial charge in [0, 0.05) is 25.2 Å². The van der Waals surface area contributed by atoms with Crippen LogP contribution in [0.15, 0.2) is 42.5 Å². The lowest BCUT2D eigenvalue weighted by Crippen LogP contribution is -2.42. The third-order valence-corrected chi connectivity index (χ3v) is 5.93. The molecule has 4 rings (SSSR count). The van der Waals surface area contributed by atoms with Crippen molar-refractivity contribution in [1.29, 1.82) is 0 Å². The number of benzene rings is 2. The van der Waals surface area contributed by atoms with Crippen LogP contribution in [-0.2, 0) is 4.74 Å². The minimum Gasteiger partial charge on any atom is -0.457 e. The molecule has 0 unspecified atom stereocenters. The molecule has 0 aromatic heterocycles. The molecular formula is C26H35N3O3. The van der Waals surface area contributed by atoms with Gasteiger partial charge < -0.3 is 25.4 Å². The van der Waals surface area contributed by atoms with Crippen molar-refractivity contribution in [2.75, 3.05) is 30.3 Å². The number of carbonyl (C=O) groups excluding carboxylic acids is 1. The van der Waals surface area contributed by atoms with E-state index in [0.717, 1.165) is 48.8 Å². The smallest absolute Gasteiger partial charge is 0.407 e. The lowest BCUT2D eigenvalue weighted by molar-refractivity contribution is 0.0517. The number of hydrogen-bond donors (Lipinski definition) is 2. The molecule has 0 spiro atoms. The molecule has 1 amide bonds. The third kappa shape index (κ3) is 5.67. The largest absolute Gasteiger partial charge is 0.457 e. The molecule has 1 aliphatic heterocycles. The van der Waals surface area contributed by atoms with Gasteiger partial charge in [-0.25, -0.2) is 4.79 Å². The van der Waals surface area contributed by atoms with E-state index >= 15 is 0 Å². The first kappa shape index (κ1) is 22.3. The van der Waals surface area contributed by atoms with E-state index in [1.807, 2.05) is 63.2 Å². The number of nitrogens with two attached hydrogens (primary N) is 1. The highest BCUT2D eigenvalue weighted by Crippen LogP contribution is 2.52. The Morgan fingerprint density at radius 2 is 1.88 bits per heavy atom. The first-order valence-corrected chi connectivity index (χ1v) is 11.7. The number of rotatable bonds is 6. The third-order valence-electron chi connectivity index (χ3n) is 5.93. The van der Waals surface area contributed by atoms with E-state index in [-0.39, 0.29) is 6.09 Å². The van der Waals surface area contributed by atoms with Gasteiger partial charge in [-0.3, -0.25) is 0 Å². The van der Waals surface area contributed by atoms with Gasteiger partial charge in [-0.1, -0.05) is 18.2 Å². The van der Waals surface area contributed by atoms with Crippen molar-refractivity contribution in [2.45, 2.75) is 58.0 Å². The molecule has 172 valence electrons. The lowest BCUT2D eigenvalue weighted by atomic mass is 9.95. The second kappa shape index (κ2) is 9.31. The molecule has 6 heteroatoms. The van der Waals surface area contributed by atoms with Crippen LogP contribution in [0.4, 0.5) is 16.2 Å². The molecule has 0 radical (unpaired) electrons. The number of nitrogens with one attached hydrogen (secondary N) is 1. The van der Waals surface area contributed by atoms with Gasteiger partial charge in [0.05, 0.1) is 11.4 Å². The summed E-state index contributed by atoms with van der Waals surface area (Å²) >= 11 is 0. The fourth-order valence-electron chi connectivity index (χ4n) is 4.41. The molecule has 32 heavy (non-hydrogen) atoms. The molecule has 1 atom stereocenters. The predicted molar refractivity (Wildman–Crippen MR) is 129 cm³/mol. The van der Waals surface area contributed by atoms with Crippen molar-refractivity contribution in [3.8, 4) is 11.5 Å². The second-order valence-electron chi connectivity index (χ2n) is 9.94. The molecule has 1 heterocycles. The Kier molecular flexibility index (Phi) is 6.49. The average Bonchev–Trinajstić information content (AvgIpc) is 3.58. The maximum atomic E-state index is 12.1. The van der Waals surface area contributed by atoms with Crippen molar-refractivity contribution < 1.29 is 14.3 Å². The van der Waals surface area contributed by atoms with Gasteiger partial charge >= 0.3 is 6.09 Å². The molecule has 3 N–H and O–H groups in total. The van der Waals surface area contributed by atoms with Crippen molar-refractivity contribution in [2.24, 2.45) is 5.92 Å². The van der Waals surface area contributed by atoms with Crippen molar-refractivity contribution >= 4 is 17.5 Å². The van der Waals surface area contributed by atoms with Crippen molar-refractivity contribution in [3.05, 3.63) is 48.0 Å². The monoisotopic (exact) mass is 437 g/mol. The van der Waals surface area contributed by atoms with E-state index in [4.69, 9.17) is 15.2 Å². The Balaban J connectivity index is 1.51. The summed E-state index contributed by atoms with van der Waals surface area (Å²) in [6.45, 7) is 8.05. The molecule has 2 aromatic carbocycles. The summed E-state index contributed by atoms with van der Waals surface area (Å²) in [6, 6.07) is 13.9. The normalized spacial score (nSPS) is 18.8. The first-order valence-electron chi connectivity index (χ1n) is 11.7. The Bertz CT molecular complexity index is 935. The van der Waals surface area contributed by atoms with Gasteiger partial charge in [0.1, 0.15) is 17.1 Å². The van der Waals surface area contributed by atoms with Gasteiger partial charge in [-0.15, -0.1) is 0 Å². The van der Waals surface area contributed by atoms with Crippen LogP contribution >= 0.6 is 0 Å². The topological polar surface area (TPSA) is 76.8 Å². The summed E-state index contributed by atoms with van der Waals surface area (Å²) in [6.07, 6.45) is 4.11. The summed E-state index contributed by atoms with van der Waals surface area (Å²) in [7, 11) is 0. The number of nitrogens with zero attached hydrogens (tertiary/aromatic N) is 1. The summed E-state index contributed by atoms with van der Waals surface area (Å²) in [5.74, 6) is 2.58. The zero-order valence-electron chi connectivity index (χ0n) is 19.4. The second-order valence-corrected chi connectivity index (χ2v) is 9.94. The SMILES string of the molecule is CC(C)(C)OC(=O)NC[C@@H]1CCCN(c2c(N)ccc(Oc3ccccc3)c2C2CC2)C1. The standard InChI is InChI=1S/C26H35N3O3/c1-26(2,3)32-25(30)28-16-18-8-7-15-29(17-18)24-21(27)13-14-22(23(24)19-11-12-19)31-20-9-5-4-6-10-20/h4-6,9-10,13-14,18-19H,7-8,11-12,15-17,27H2,1-3H3,(H,28,30)/t18-/m0/s1. The summed E-state index contributed by atoms with van der Waals surface area (Å²) < 4.78 is 11.7. The maximum Gasteiger partial charge on any atom is 0.407 e. The number of anilines is 2. The number of ether oxygens (including phenoxy) is 2. The average molecular weight is 438 g/mol. The van der Waals surface area contributed by atoms with Crippen LogP contribution in [0.5, 0.6) is 11.5 Å². The van der Waals surface area contributed by atoms with E-state index in [1.165, 1.54) is 18.4 Å². The number of alkyl carbamates (subject to hydrolysis) is 1. The van der Waals surface area contributed by atoms with Crippen LogP contribution in [-0.4, -0.2) is 31.3 Å². The fraction of sp³-hybridized carbons (Fsp3) is 0.500. The van der Waals surface area contributed by atoms with Crippen LogP contribution in [0.2, 0.25) is 0 Å². The number of amides is 1. The van der Waals surface area contributed by atoms with Crippen LogP contribution in [0, 0.1) is 5.92 Å². The van der Waals surface area contributed by atoms with Gasteiger partial charge in [0.2, 0.25) is 0 Å². The predicted octanol–water partition coefficient (Wildman–Crippen LogP) is 5.68. The Hall–Kier alpha value is -2.89. The molecule has 2 aromatic rings. The molecule has 1 saturated heterocycles. The number of nitrogen functional groups attached to an aromatic ring is 1. The number of piperidine rings is 1. The van der Waals surface area contributed by atoms with Crippen molar-refractivity contribution in [3.63, 3.8) is 0 Å². The zero-order chi connectivity index (χ0) is 22.7. The van der Waals surface area contributed by atoms with E-state index in [1.54, 1.807) is 0 Å². The molecule has 2 fully saturated rings. The molecule has 0 bridgehead atoms. The quantitative estimate of drug-likeness (QED) is 0.569. The van der Waals surface area contributed by atoms with E-state index in [2.05, 4.69) is 10.2 Å².